The molecule has 138 valence electrons. The van der Waals surface area contributed by atoms with Gasteiger partial charge in [-0.15, -0.1) is 11.3 Å². The summed E-state index contributed by atoms with van der Waals surface area (Å²) in [4.78, 5) is 12.1. The van der Waals surface area contributed by atoms with Crippen LogP contribution < -0.4 is 4.90 Å². The number of anilines is 1. The summed E-state index contributed by atoms with van der Waals surface area (Å²) in [6.45, 7) is 7.11. The van der Waals surface area contributed by atoms with E-state index in [0.29, 0.717) is 24.8 Å². The second-order valence-electron chi connectivity index (χ2n) is 6.63. The van der Waals surface area contributed by atoms with Crippen LogP contribution in [0.3, 0.4) is 0 Å². The normalized spacial score (nSPS) is 11.5. The number of nitrogens with zero attached hydrogens (tertiary/aromatic N) is 3. The SMILES string of the molecule is Cc1nc(N(CCO)CCO)c2c(-c3ccc(C(C)C)cc3)csc2n1. The Labute approximate surface area is 158 Å². The summed E-state index contributed by atoms with van der Waals surface area (Å²) in [6, 6.07) is 8.61. The van der Waals surface area contributed by atoms with Crippen molar-refractivity contribution >= 4 is 27.4 Å². The first-order chi connectivity index (χ1) is 12.5. The van der Waals surface area contributed by atoms with Crippen LogP contribution in [0.15, 0.2) is 29.6 Å². The highest BCUT2D eigenvalue weighted by atomic mass is 32.1. The van der Waals surface area contributed by atoms with Crippen LogP contribution in [0.5, 0.6) is 0 Å². The van der Waals surface area contributed by atoms with Crippen molar-refractivity contribution in [1.29, 1.82) is 0 Å². The first-order valence-corrected chi connectivity index (χ1v) is 9.76. The molecule has 0 fully saturated rings. The number of rotatable bonds is 7. The van der Waals surface area contributed by atoms with E-state index in [-0.39, 0.29) is 13.2 Å². The van der Waals surface area contributed by atoms with Gasteiger partial charge in [-0.2, -0.15) is 0 Å². The van der Waals surface area contributed by atoms with Gasteiger partial charge in [0.05, 0.1) is 18.6 Å². The molecule has 0 bridgehead atoms. The average molecular weight is 372 g/mol. The van der Waals surface area contributed by atoms with E-state index >= 15 is 0 Å². The molecule has 0 unspecified atom stereocenters. The second kappa shape index (κ2) is 8.12. The van der Waals surface area contributed by atoms with E-state index in [1.165, 1.54) is 5.56 Å². The number of hydrogen-bond donors (Lipinski definition) is 2. The highest BCUT2D eigenvalue weighted by molar-refractivity contribution is 7.17. The molecule has 0 spiro atoms. The number of aliphatic hydroxyl groups is 2. The van der Waals surface area contributed by atoms with Crippen LogP contribution in [-0.2, 0) is 0 Å². The largest absolute Gasteiger partial charge is 0.395 e. The molecule has 0 saturated carbocycles. The first kappa shape index (κ1) is 18.8. The molecular formula is C20H25N3O2S. The Kier molecular flexibility index (Phi) is 5.86. The van der Waals surface area contributed by atoms with Crippen molar-refractivity contribution in [2.24, 2.45) is 0 Å². The quantitative estimate of drug-likeness (QED) is 0.664. The number of benzene rings is 1. The Morgan fingerprint density at radius 3 is 2.27 bits per heavy atom. The zero-order valence-electron chi connectivity index (χ0n) is 15.4. The average Bonchev–Trinajstić information content (AvgIpc) is 3.04. The van der Waals surface area contributed by atoms with Gasteiger partial charge in [-0.05, 0) is 24.0 Å². The van der Waals surface area contributed by atoms with Gasteiger partial charge < -0.3 is 15.1 Å². The monoisotopic (exact) mass is 371 g/mol. The summed E-state index contributed by atoms with van der Waals surface area (Å²) in [5, 5.41) is 21.9. The van der Waals surface area contributed by atoms with Crippen LogP contribution in [0.4, 0.5) is 5.82 Å². The summed E-state index contributed by atoms with van der Waals surface area (Å²) >= 11 is 1.60. The van der Waals surface area contributed by atoms with E-state index in [0.717, 1.165) is 27.2 Å². The zero-order valence-corrected chi connectivity index (χ0v) is 16.3. The predicted molar refractivity (Wildman–Crippen MR) is 108 cm³/mol. The molecule has 0 aliphatic heterocycles. The molecule has 0 aliphatic carbocycles. The van der Waals surface area contributed by atoms with Gasteiger partial charge in [0.1, 0.15) is 16.5 Å². The standard InChI is InChI=1S/C20H25N3O2S/c1-13(2)15-4-6-16(7-5-15)17-12-26-20-18(17)19(21-14(3)22-20)23(8-10-24)9-11-25/h4-7,12-13,24-25H,8-11H2,1-3H3. The number of aromatic nitrogens is 2. The third-order valence-corrected chi connectivity index (χ3v) is 5.33. The zero-order chi connectivity index (χ0) is 18.7. The number of aliphatic hydroxyl groups excluding tert-OH is 2. The molecular weight excluding hydrogens is 346 g/mol. The van der Waals surface area contributed by atoms with Gasteiger partial charge in [-0.3, -0.25) is 0 Å². The van der Waals surface area contributed by atoms with Crippen molar-refractivity contribution in [2.45, 2.75) is 26.7 Å². The summed E-state index contributed by atoms with van der Waals surface area (Å²) in [7, 11) is 0. The Bertz CT molecular complexity index is 869. The second-order valence-corrected chi connectivity index (χ2v) is 7.49. The molecule has 0 radical (unpaired) electrons. The van der Waals surface area contributed by atoms with Crippen LogP contribution in [0.25, 0.3) is 21.3 Å². The van der Waals surface area contributed by atoms with Crippen molar-refractivity contribution < 1.29 is 10.2 Å². The summed E-state index contributed by atoms with van der Waals surface area (Å²) < 4.78 is 0. The Morgan fingerprint density at radius 2 is 1.69 bits per heavy atom. The maximum Gasteiger partial charge on any atom is 0.141 e. The molecule has 6 heteroatoms. The maximum atomic E-state index is 9.42. The molecule has 0 atom stereocenters. The molecule has 5 nitrogen and oxygen atoms in total. The fraction of sp³-hybridized carbons (Fsp3) is 0.400. The Morgan fingerprint density at radius 1 is 1.04 bits per heavy atom. The minimum absolute atomic E-state index is 0.00704. The topological polar surface area (TPSA) is 69.5 Å². The van der Waals surface area contributed by atoms with Crippen LogP contribution >= 0.6 is 11.3 Å². The molecule has 26 heavy (non-hydrogen) atoms. The van der Waals surface area contributed by atoms with Gasteiger partial charge in [0.2, 0.25) is 0 Å². The summed E-state index contributed by atoms with van der Waals surface area (Å²) in [5.74, 6) is 1.96. The molecule has 2 heterocycles. The van der Waals surface area contributed by atoms with Gasteiger partial charge in [-0.1, -0.05) is 38.1 Å². The van der Waals surface area contributed by atoms with E-state index in [9.17, 15) is 10.2 Å². The van der Waals surface area contributed by atoms with Gasteiger partial charge in [0, 0.05) is 24.0 Å². The Balaban J connectivity index is 2.15. The van der Waals surface area contributed by atoms with Crippen molar-refractivity contribution in [1.82, 2.24) is 9.97 Å². The maximum absolute atomic E-state index is 9.42. The van der Waals surface area contributed by atoms with Crippen LogP contribution in [-0.4, -0.2) is 46.5 Å². The fourth-order valence-electron chi connectivity index (χ4n) is 3.08. The van der Waals surface area contributed by atoms with Gasteiger partial charge >= 0.3 is 0 Å². The molecule has 2 aromatic heterocycles. The lowest BCUT2D eigenvalue weighted by Gasteiger charge is -2.23. The molecule has 0 amide bonds. The van der Waals surface area contributed by atoms with Crippen molar-refractivity contribution in [2.75, 3.05) is 31.2 Å². The van der Waals surface area contributed by atoms with Gasteiger partial charge in [0.15, 0.2) is 0 Å². The molecule has 1 aromatic carbocycles. The predicted octanol–water partition coefficient (Wildman–Crippen LogP) is 3.58. The van der Waals surface area contributed by atoms with Crippen LogP contribution in [0, 0.1) is 6.92 Å². The van der Waals surface area contributed by atoms with Crippen LogP contribution in [0.1, 0.15) is 31.2 Å². The number of thiophene rings is 1. The van der Waals surface area contributed by atoms with Gasteiger partial charge in [-0.25, -0.2) is 9.97 Å². The van der Waals surface area contributed by atoms with E-state index in [4.69, 9.17) is 0 Å². The minimum atomic E-state index is 0.00704. The number of fused-ring (bicyclic) bond motifs is 1. The lowest BCUT2D eigenvalue weighted by molar-refractivity contribution is 0.281. The molecule has 3 aromatic rings. The molecule has 0 saturated heterocycles. The number of aryl methyl sites for hydroxylation is 1. The summed E-state index contributed by atoms with van der Waals surface area (Å²) in [5.41, 5.74) is 3.53. The van der Waals surface area contributed by atoms with Crippen LogP contribution in [0.2, 0.25) is 0 Å². The molecule has 0 aliphatic rings. The van der Waals surface area contributed by atoms with Crippen molar-refractivity contribution in [3.8, 4) is 11.1 Å². The third kappa shape index (κ3) is 3.72. The summed E-state index contributed by atoms with van der Waals surface area (Å²) in [6.07, 6.45) is 0. The molecule has 2 N–H and O–H groups in total. The lowest BCUT2D eigenvalue weighted by atomic mass is 9.99. The Hall–Kier alpha value is -2.02. The minimum Gasteiger partial charge on any atom is -0.395 e. The lowest BCUT2D eigenvalue weighted by Crippen LogP contribution is -2.30. The van der Waals surface area contributed by atoms with E-state index in [1.54, 1.807) is 11.3 Å². The smallest absolute Gasteiger partial charge is 0.141 e. The van der Waals surface area contributed by atoms with E-state index in [1.807, 2.05) is 11.8 Å². The van der Waals surface area contributed by atoms with E-state index in [2.05, 4.69) is 53.5 Å². The number of hydrogen-bond acceptors (Lipinski definition) is 6. The first-order valence-electron chi connectivity index (χ1n) is 8.88. The highest BCUT2D eigenvalue weighted by Crippen LogP contribution is 2.38. The van der Waals surface area contributed by atoms with Crippen molar-refractivity contribution in [3.63, 3.8) is 0 Å². The van der Waals surface area contributed by atoms with E-state index < -0.39 is 0 Å². The third-order valence-electron chi connectivity index (χ3n) is 4.45. The highest BCUT2D eigenvalue weighted by Gasteiger charge is 2.19. The van der Waals surface area contributed by atoms with Gasteiger partial charge in [0.25, 0.3) is 0 Å². The molecule has 3 rings (SSSR count). The van der Waals surface area contributed by atoms with Crippen molar-refractivity contribution in [3.05, 3.63) is 41.0 Å². The fourth-order valence-corrected chi connectivity index (χ4v) is 4.07.